The van der Waals surface area contributed by atoms with E-state index < -0.39 is 0 Å². The van der Waals surface area contributed by atoms with Crippen molar-refractivity contribution in [3.8, 4) is 0 Å². The van der Waals surface area contributed by atoms with Gasteiger partial charge in [0.05, 0.1) is 12.5 Å². The SMILES string of the molecule is CCOC(=O)C1CNCC1(C)CC1CCC1. The molecule has 2 rings (SSSR count). The van der Waals surface area contributed by atoms with Crippen LogP contribution in [0.2, 0.25) is 0 Å². The quantitative estimate of drug-likeness (QED) is 0.743. The molecule has 0 aromatic rings. The van der Waals surface area contributed by atoms with Crippen molar-refractivity contribution < 1.29 is 9.53 Å². The highest BCUT2D eigenvalue weighted by Gasteiger charge is 2.45. The lowest BCUT2D eigenvalue weighted by Crippen LogP contribution is -2.36. The van der Waals surface area contributed by atoms with Crippen LogP contribution in [0.15, 0.2) is 0 Å². The molecule has 1 saturated carbocycles. The van der Waals surface area contributed by atoms with Crippen molar-refractivity contribution in [3.05, 3.63) is 0 Å². The standard InChI is InChI=1S/C13H23NO2/c1-3-16-12(15)11-8-14-9-13(11,2)7-10-5-4-6-10/h10-11,14H,3-9H2,1-2H3. The topological polar surface area (TPSA) is 38.3 Å². The average molecular weight is 225 g/mol. The molecular weight excluding hydrogens is 202 g/mol. The van der Waals surface area contributed by atoms with Crippen LogP contribution < -0.4 is 5.32 Å². The van der Waals surface area contributed by atoms with E-state index in [1.54, 1.807) is 0 Å². The van der Waals surface area contributed by atoms with Crippen LogP contribution in [0.25, 0.3) is 0 Å². The molecule has 0 spiro atoms. The Bertz CT molecular complexity index is 263. The predicted octanol–water partition coefficient (Wildman–Crippen LogP) is 1.97. The molecule has 0 amide bonds. The van der Waals surface area contributed by atoms with Crippen molar-refractivity contribution in [1.29, 1.82) is 0 Å². The number of carbonyl (C=O) groups excluding carboxylic acids is 1. The van der Waals surface area contributed by atoms with Gasteiger partial charge in [0.2, 0.25) is 0 Å². The minimum Gasteiger partial charge on any atom is -0.466 e. The van der Waals surface area contributed by atoms with E-state index in [1.807, 2.05) is 6.92 Å². The van der Waals surface area contributed by atoms with E-state index in [2.05, 4.69) is 12.2 Å². The van der Waals surface area contributed by atoms with Gasteiger partial charge in [-0.05, 0) is 24.7 Å². The third-order valence-electron chi connectivity index (χ3n) is 4.27. The fourth-order valence-corrected chi connectivity index (χ4v) is 3.05. The zero-order valence-electron chi connectivity index (χ0n) is 10.4. The van der Waals surface area contributed by atoms with Gasteiger partial charge in [0, 0.05) is 13.1 Å². The summed E-state index contributed by atoms with van der Waals surface area (Å²) in [6, 6.07) is 0. The molecular formula is C13H23NO2. The number of carbonyl (C=O) groups is 1. The smallest absolute Gasteiger partial charge is 0.310 e. The number of hydrogen-bond donors (Lipinski definition) is 1. The Kier molecular flexibility index (Phi) is 3.53. The lowest BCUT2D eigenvalue weighted by molar-refractivity contribution is -0.151. The van der Waals surface area contributed by atoms with Gasteiger partial charge in [-0.1, -0.05) is 26.2 Å². The largest absolute Gasteiger partial charge is 0.466 e. The maximum atomic E-state index is 11.9. The van der Waals surface area contributed by atoms with Crippen molar-refractivity contribution in [3.63, 3.8) is 0 Å². The van der Waals surface area contributed by atoms with E-state index in [1.165, 1.54) is 25.7 Å². The van der Waals surface area contributed by atoms with Crippen molar-refractivity contribution in [1.82, 2.24) is 5.32 Å². The van der Waals surface area contributed by atoms with Gasteiger partial charge in [-0.2, -0.15) is 0 Å². The molecule has 2 fully saturated rings. The van der Waals surface area contributed by atoms with Gasteiger partial charge < -0.3 is 10.1 Å². The second-order valence-corrected chi connectivity index (χ2v) is 5.59. The van der Waals surface area contributed by atoms with Crippen LogP contribution in [0.3, 0.4) is 0 Å². The summed E-state index contributed by atoms with van der Waals surface area (Å²) in [5.41, 5.74) is 0.122. The lowest BCUT2D eigenvalue weighted by atomic mass is 9.68. The minimum absolute atomic E-state index is 0.00526. The number of hydrogen-bond acceptors (Lipinski definition) is 3. The summed E-state index contributed by atoms with van der Waals surface area (Å²) in [4.78, 5) is 11.9. The Hall–Kier alpha value is -0.570. The zero-order valence-corrected chi connectivity index (χ0v) is 10.4. The van der Waals surface area contributed by atoms with Crippen LogP contribution in [0.1, 0.15) is 39.5 Å². The van der Waals surface area contributed by atoms with Gasteiger partial charge in [0.15, 0.2) is 0 Å². The summed E-state index contributed by atoms with van der Waals surface area (Å²) in [5, 5.41) is 3.35. The summed E-state index contributed by atoms with van der Waals surface area (Å²) in [6.45, 7) is 6.38. The zero-order chi connectivity index (χ0) is 11.6. The molecule has 3 nitrogen and oxygen atoms in total. The molecule has 1 aliphatic carbocycles. The fourth-order valence-electron chi connectivity index (χ4n) is 3.05. The Balaban J connectivity index is 1.96. The predicted molar refractivity (Wildman–Crippen MR) is 63.1 cm³/mol. The van der Waals surface area contributed by atoms with Gasteiger partial charge >= 0.3 is 5.97 Å². The number of esters is 1. The third kappa shape index (κ3) is 2.24. The van der Waals surface area contributed by atoms with E-state index in [9.17, 15) is 4.79 Å². The summed E-state index contributed by atoms with van der Waals surface area (Å²) in [7, 11) is 0. The summed E-state index contributed by atoms with van der Waals surface area (Å²) in [5.74, 6) is 0.907. The molecule has 3 heteroatoms. The Morgan fingerprint density at radius 1 is 1.50 bits per heavy atom. The van der Waals surface area contributed by atoms with Crippen molar-refractivity contribution in [2.24, 2.45) is 17.3 Å². The molecule has 16 heavy (non-hydrogen) atoms. The van der Waals surface area contributed by atoms with E-state index in [0.717, 1.165) is 19.0 Å². The van der Waals surface area contributed by atoms with Crippen LogP contribution in [-0.4, -0.2) is 25.7 Å². The average Bonchev–Trinajstić information content (AvgIpc) is 2.55. The molecule has 0 radical (unpaired) electrons. The molecule has 2 atom stereocenters. The molecule has 1 saturated heterocycles. The van der Waals surface area contributed by atoms with Gasteiger partial charge in [-0.25, -0.2) is 0 Å². The first-order valence-electron chi connectivity index (χ1n) is 6.53. The van der Waals surface area contributed by atoms with Gasteiger partial charge in [-0.3, -0.25) is 4.79 Å². The molecule has 1 heterocycles. The first-order chi connectivity index (χ1) is 7.65. The van der Waals surface area contributed by atoms with Gasteiger partial charge in [-0.15, -0.1) is 0 Å². The van der Waals surface area contributed by atoms with Crippen molar-refractivity contribution in [2.45, 2.75) is 39.5 Å². The number of ether oxygens (including phenoxy) is 1. The van der Waals surface area contributed by atoms with E-state index in [4.69, 9.17) is 4.74 Å². The molecule has 0 bridgehead atoms. The van der Waals surface area contributed by atoms with Crippen LogP contribution in [0.4, 0.5) is 0 Å². The summed E-state index contributed by atoms with van der Waals surface area (Å²) < 4.78 is 5.18. The van der Waals surface area contributed by atoms with Crippen LogP contribution in [0, 0.1) is 17.3 Å². The van der Waals surface area contributed by atoms with Crippen LogP contribution in [0.5, 0.6) is 0 Å². The molecule has 92 valence electrons. The van der Waals surface area contributed by atoms with E-state index in [0.29, 0.717) is 6.61 Å². The normalized spacial score (nSPS) is 34.8. The summed E-state index contributed by atoms with van der Waals surface area (Å²) in [6.07, 6.45) is 5.26. The highest BCUT2D eigenvalue weighted by molar-refractivity contribution is 5.74. The molecule has 1 N–H and O–H groups in total. The lowest BCUT2D eigenvalue weighted by Gasteiger charge is -2.36. The van der Waals surface area contributed by atoms with E-state index in [-0.39, 0.29) is 17.3 Å². The number of rotatable bonds is 4. The van der Waals surface area contributed by atoms with Crippen LogP contribution in [-0.2, 0) is 9.53 Å². The van der Waals surface area contributed by atoms with Gasteiger partial charge in [0.1, 0.15) is 0 Å². The Labute approximate surface area is 97.9 Å². The highest BCUT2D eigenvalue weighted by atomic mass is 16.5. The second-order valence-electron chi connectivity index (χ2n) is 5.59. The molecule has 0 aromatic heterocycles. The highest BCUT2D eigenvalue weighted by Crippen LogP contribution is 2.43. The van der Waals surface area contributed by atoms with Crippen molar-refractivity contribution >= 4 is 5.97 Å². The summed E-state index contributed by atoms with van der Waals surface area (Å²) >= 11 is 0. The molecule has 2 unspecified atom stereocenters. The first-order valence-corrected chi connectivity index (χ1v) is 6.53. The first kappa shape index (κ1) is 11.9. The Morgan fingerprint density at radius 2 is 2.25 bits per heavy atom. The third-order valence-corrected chi connectivity index (χ3v) is 4.27. The molecule has 0 aromatic carbocycles. The maximum Gasteiger partial charge on any atom is 0.310 e. The molecule has 1 aliphatic heterocycles. The van der Waals surface area contributed by atoms with E-state index >= 15 is 0 Å². The van der Waals surface area contributed by atoms with Crippen LogP contribution >= 0.6 is 0 Å². The fraction of sp³-hybridized carbons (Fsp3) is 0.923. The second kappa shape index (κ2) is 4.74. The minimum atomic E-state index is -0.00526. The Morgan fingerprint density at radius 3 is 2.81 bits per heavy atom. The monoisotopic (exact) mass is 225 g/mol. The molecule has 2 aliphatic rings. The maximum absolute atomic E-state index is 11.9. The van der Waals surface area contributed by atoms with Gasteiger partial charge in [0.25, 0.3) is 0 Å². The van der Waals surface area contributed by atoms with Crippen molar-refractivity contribution in [2.75, 3.05) is 19.7 Å². The number of nitrogens with one attached hydrogen (secondary N) is 1.